The zero-order valence-electron chi connectivity index (χ0n) is 13.1. The van der Waals surface area contributed by atoms with Gasteiger partial charge in [0.05, 0.1) is 0 Å². The second kappa shape index (κ2) is 6.11. The summed E-state index contributed by atoms with van der Waals surface area (Å²) in [5.74, 6) is 0.800. The van der Waals surface area contributed by atoms with Gasteiger partial charge in [-0.3, -0.25) is 4.79 Å². The number of hydrogen-bond acceptors (Lipinski definition) is 3. The Kier molecular flexibility index (Phi) is 4.19. The van der Waals surface area contributed by atoms with Crippen molar-refractivity contribution in [1.82, 2.24) is 4.90 Å². The summed E-state index contributed by atoms with van der Waals surface area (Å²) < 4.78 is 5.43. The first-order valence-corrected chi connectivity index (χ1v) is 8.04. The fraction of sp³-hybridized carbons (Fsp3) is 0.556. The van der Waals surface area contributed by atoms with E-state index >= 15 is 0 Å². The van der Waals surface area contributed by atoms with Crippen molar-refractivity contribution in [3.63, 3.8) is 0 Å². The molecule has 1 aromatic rings. The lowest BCUT2D eigenvalue weighted by molar-refractivity contribution is -0.126. The van der Waals surface area contributed by atoms with E-state index in [9.17, 15) is 9.59 Å². The SMILES string of the molecule is CC12CCC(=O)CC1CCN(C(=O)OCc1ccccc1)C2. The summed E-state index contributed by atoms with van der Waals surface area (Å²) in [5, 5.41) is 0. The average Bonchev–Trinajstić information content (AvgIpc) is 2.53. The molecule has 0 spiro atoms. The highest BCUT2D eigenvalue weighted by Crippen LogP contribution is 2.44. The minimum atomic E-state index is -0.236. The number of benzene rings is 1. The van der Waals surface area contributed by atoms with Crippen LogP contribution in [0.15, 0.2) is 30.3 Å². The van der Waals surface area contributed by atoms with Crippen LogP contribution in [0.2, 0.25) is 0 Å². The Labute approximate surface area is 131 Å². The van der Waals surface area contributed by atoms with Crippen molar-refractivity contribution in [3.05, 3.63) is 35.9 Å². The van der Waals surface area contributed by atoms with E-state index in [1.54, 1.807) is 0 Å². The first-order chi connectivity index (χ1) is 10.6. The van der Waals surface area contributed by atoms with Gasteiger partial charge in [-0.2, -0.15) is 0 Å². The molecule has 3 rings (SSSR count). The first kappa shape index (κ1) is 15.1. The fourth-order valence-electron chi connectivity index (χ4n) is 3.70. The minimum absolute atomic E-state index is 0.0674. The molecule has 0 bridgehead atoms. The molecule has 22 heavy (non-hydrogen) atoms. The van der Waals surface area contributed by atoms with Crippen LogP contribution in [-0.2, 0) is 16.1 Å². The van der Waals surface area contributed by atoms with Gasteiger partial charge in [-0.15, -0.1) is 0 Å². The fourth-order valence-corrected chi connectivity index (χ4v) is 3.70. The molecule has 4 heteroatoms. The molecule has 1 heterocycles. The van der Waals surface area contributed by atoms with Gasteiger partial charge < -0.3 is 9.64 Å². The minimum Gasteiger partial charge on any atom is -0.445 e. The number of ether oxygens (including phenoxy) is 1. The van der Waals surface area contributed by atoms with E-state index in [-0.39, 0.29) is 11.5 Å². The van der Waals surface area contributed by atoms with Crippen LogP contribution in [0.5, 0.6) is 0 Å². The maximum atomic E-state index is 12.3. The molecule has 0 radical (unpaired) electrons. The normalized spacial score (nSPS) is 28.1. The molecular weight excluding hydrogens is 278 g/mol. The lowest BCUT2D eigenvalue weighted by Crippen LogP contribution is -2.51. The number of carbonyl (C=O) groups excluding carboxylic acids is 2. The monoisotopic (exact) mass is 301 g/mol. The van der Waals surface area contributed by atoms with Gasteiger partial charge in [0.2, 0.25) is 0 Å². The first-order valence-electron chi connectivity index (χ1n) is 8.04. The van der Waals surface area contributed by atoms with E-state index in [2.05, 4.69) is 6.92 Å². The van der Waals surface area contributed by atoms with Gasteiger partial charge >= 0.3 is 6.09 Å². The van der Waals surface area contributed by atoms with E-state index in [4.69, 9.17) is 4.74 Å². The second-order valence-electron chi connectivity index (χ2n) is 6.84. The molecule has 1 saturated carbocycles. The van der Waals surface area contributed by atoms with Gasteiger partial charge in [-0.1, -0.05) is 37.3 Å². The number of fused-ring (bicyclic) bond motifs is 1. The van der Waals surface area contributed by atoms with Crippen molar-refractivity contribution in [2.24, 2.45) is 11.3 Å². The van der Waals surface area contributed by atoms with Crippen LogP contribution >= 0.6 is 0 Å². The average molecular weight is 301 g/mol. The number of carbonyl (C=O) groups is 2. The Bertz CT molecular complexity index is 557. The molecule has 1 aliphatic heterocycles. The van der Waals surface area contributed by atoms with Crippen LogP contribution in [-0.4, -0.2) is 29.9 Å². The molecule has 1 aromatic carbocycles. The van der Waals surface area contributed by atoms with Gasteiger partial charge in [-0.05, 0) is 29.7 Å². The largest absolute Gasteiger partial charge is 0.445 e. The summed E-state index contributed by atoms with van der Waals surface area (Å²) in [6.07, 6.45) is 2.89. The number of ketones is 1. The Balaban J connectivity index is 1.57. The van der Waals surface area contributed by atoms with Crippen molar-refractivity contribution >= 4 is 11.9 Å². The van der Waals surface area contributed by atoms with E-state index in [0.717, 1.165) is 18.4 Å². The molecule has 2 unspecified atom stereocenters. The summed E-state index contributed by atoms with van der Waals surface area (Å²) >= 11 is 0. The third-order valence-corrected chi connectivity index (χ3v) is 5.20. The van der Waals surface area contributed by atoms with Crippen molar-refractivity contribution in [3.8, 4) is 0 Å². The Morgan fingerprint density at radius 3 is 2.91 bits per heavy atom. The van der Waals surface area contributed by atoms with Crippen molar-refractivity contribution in [1.29, 1.82) is 0 Å². The van der Waals surface area contributed by atoms with Crippen molar-refractivity contribution < 1.29 is 14.3 Å². The summed E-state index contributed by atoms with van der Waals surface area (Å²) in [4.78, 5) is 25.7. The van der Waals surface area contributed by atoms with Crippen LogP contribution in [0.3, 0.4) is 0 Å². The second-order valence-corrected chi connectivity index (χ2v) is 6.84. The molecule has 2 fully saturated rings. The van der Waals surface area contributed by atoms with Gasteiger partial charge in [0, 0.05) is 25.9 Å². The molecule has 0 aromatic heterocycles. The zero-order valence-corrected chi connectivity index (χ0v) is 13.1. The molecule has 118 valence electrons. The van der Waals surface area contributed by atoms with Gasteiger partial charge in [0.15, 0.2) is 0 Å². The van der Waals surface area contributed by atoms with Crippen LogP contribution in [0, 0.1) is 11.3 Å². The molecule has 1 aliphatic carbocycles. The number of rotatable bonds is 2. The maximum absolute atomic E-state index is 12.3. The van der Waals surface area contributed by atoms with Gasteiger partial charge in [0.25, 0.3) is 0 Å². The predicted molar refractivity (Wildman–Crippen MR) is 83.3 cm³/mol. The molecular formula is C18H23NO3. The van der Waals surface area contributed by atoms with E-state index in [0.29, 0.717) is 44.2 Å². The van der Waals surface area contributed by atoms with Crippen LogP contribution in [0.25, 0.3) is 0 Å². The Hall–Kier alpha value is -1.84. The number of hydrogen-bond donors (Lipinski definition) is 0. The third-order valence-electron chi connectivity index (χ3n) is 5.20. The number of Topliss-reactive ketones (excluding diaryl/α,β-unsaturated/α-hetero) is 1. The molecule has 0 N–H and O–H groups in total. The van der Waals surface area contributed by atoms with Gasteiger partial charge in [-0.25, -0.2) is 4.79 Å². The highest BCUT2D eigenvalue weighted by molar-refractivity contribution is 5.79. The third kappa shape index (κ3) is 3.16. The van der Waals surface area contributed by atoms with Crippen molar-refractivity contribution in [2.75, 3.05) is 13.1 Å². The Morgan fingerprint density at radius 1 is 1.36 bits per heavy atom. The van der Waals surface area contributed by atoms with Crippen molar-refractivity contribution in [2.45, 2.75) is 39.2 Å². The number of nitrogens with zero attached hydrogens (tertiary/aromatic N) is 1. The standard InChI is InChI=1S/C18H23NO3/c1-18-9-7-16(20)11-15(18)8-10-19(13-18)17(21)22-12-14-5-3-2-4-6-14/h2-6,15H,7-13H2,1H3. The summed E-state index contributed by atoms with van der Waals surface area (Å²) in [6, 6.07) is 9.73. The summed E-state index contributed by atoms with van der Waals surface area (Å²) in [5.41, 5.74) is 1.07. The zero-order chi connectivity index (χ0) is 15.6. The smallest absolute Gasteiger partial charge is 0.410 e. The Morgan fingerprint density at radius 2 is 2.14 bits per heavy atom. The molecule has 1 saturated heterocycles. The summed E-state index contributed by atoms with van der Waals surface area (Å²) in [7, 11) is 0. The van der Waals surface area contributed by atoms with Crippen LogP contribution < -0.4 is 0 Å². The number of amides is 1. The lowest BCUT2D eigenvalue weighted by Gasteiger charge is -2.48. The van der Waals surface area contributed by atoms with E-state index in [1.165, 1.54) is 0 Å². The molecule has 2 atom stereocenters. The van der Waals surface area contributed by atoms with E-state index < -0.39 is 0 Å². The molecule has 4 nitrogen and oxygen atoms in total. The molecule has 1 amide bonds. The maximum Gasteiger partial charge on any atom is 0.410 e. The van der Waals surface area contributed by atoms with Gasteiger partial charge in [0.1, 0.15) is 12.4 Å². The topological polar surface area (TPSA) is 46.6 Å². The van der Waals surface area contributed by atoms with Crippen LogP contribution in [0.4, 0.5) is 4.79 Å². The quantitative estimate of drug-likeness (QED) is 0.841. The van der Waals surface area contributed by atoms with E-state index in [1.807, 2.05) is 35.2 Å². The highest BCUT2D eigenvalue weighted by Gasteiger charge is 2.44. The molecule has 2 aliphatic rings. The van der Waals surface area contributed by atoms with Crippen LogP contribution in [0.1, 0.15) is 38.2 Å². The number of piperidine rings is 1. The number of likely N-dealkylation sites (tertiary alicyclic amines) is 1. The summed E-state index contributed by atoms with van der Waals surface area (Å²) in [6.45, 7) is 3.93. The predicted octanol–water partition coefficient (Wildman–Crippen LogP) is 3.40. The highest BCUT2D eigenvalue weighted by atomic mass is 16.6. The lowest BCUT2D eigenvalue weighted by atomic mass is 9.64.